The molecule has 0 fully saturated rings. The molecule has 0 unspecified atom stereocenters. The average molecular weight is 330 g/mol. The molecule has 0 aliphatic carbocycles. The minimum absolute atomic E-state index is 0.134. The predicted molar refractivity (Wildman–Crippen MR) is 83.7 cm³/mol. The number of rotatable bonds is 9. The number of nitrogens with one attached hydrogen (secondary N) is 2. The largest absolute Gasteiger partial charge is 0.493 e. The van der Waals surface area contributed by atoms with Crippen LogP contribution in [-0.2, 0) is 21.2 Å². The lowest BCUT2D eigenvalue weighted by molar-refractivity contribution is -0.121. The Morgan fingerprint density at radius 3 is 2.41 bits per heavy atom. The SMILES string of the molecule is COc1ccc(CCC(=O)NCCNS(C)(=O)=O)cc1OC. The second-order valence-electron chi connectivity index (χ2n) is 4.71. The van der Waals surface area contributed by atoms with E-state index >= 15 is 0 Å². The molecule has 0 atom stereocenters. The molecule has 2 N–H and O–H groups in total. The number of benzene rings is 1. The van der Waals surface area contributed by atoms with E-state index in [1.54, 1.807) is 20.3 Å². The average Bonchev–Trinajstić information content (AvgIpc) is 2.48. The van der Waals surface area contributed by atoms with Gasteiger partial charge in [0.1, 0.15) is 0 Å². The summed E-state index contributed by atoms with van der Waals surface area (Å²) in [5.74, 6) is 1.13. The molecule has 0 aliphatic rings. The summed E-state index contributed by atoms with van der Waals surface area (Å²) in [6.07, 6.45) is 1.95. The molecule has 0 spiro atoms. The highest BCUT2D eigenvalue weighted by molar-refractivity contribution is 7.88. The van der Waals surface area contributed by atoms with Gasteiger partial charge in [-0.3, -0.25) is 4.79 Å². The first-order chi connectivity index (χ1) is 10.4. The molecule has 1 aromatic carbocycles. The summed E-state index contributed by atoms with van der Waals surface area (Å²) in [5.41, 5.74) is 0.960. The van der Waals surface area contributed by atoms with Crippen LogP contribution in [0.1, 0.15) is 12.0 Å². The van der Waals surface area contributed by atoms with Crippen molar-refractivity contribution in [2.45, 2.75) is 12.8 Å². The number of sulfonamides is 1. The number of methoxy groups -OCH3 is 2. The van der Waals surface area contributed by atoms with Crippen LogP contribution in [-0.4, -0.2) is 47.9 Å². The molecule has 0 aromatic heterocycles. The van der Waals surface area contributed by atoms with Gasteiger partial charge in [0.2, 0.25) is 15.9 Å². The molecule has 7 nitrogen and oxygen atoms in total. The molecule has 0 saturated carbocycles. The summed E-state index contributed by atoms with van der Waals surface area (Å²) < 4.78 is 34.4. The summed E-state index contributed by atoms with van der Waals surface area (Å²) in [6, 6.07) is 5.50. The van der Waals surface area contributed by atoms with E-state index in [0.29, 0.717) is 24.3 Å². The van der Waals surface area contributed by atoms with E-state index in [0.717, 1.165) is 11.8 Å². The maximum absolute atomic E-state index is 11.7. The zero-order valence-electron chi connectivity index (χ0n) is 13.0. The van der Waals surface area contributed by atoms with Gasteiger partial charge in [-0.05, 0) is 24.1 Å². The van der Waals surface area contributed by atoms with Gasteiger partial charge in [-0.25, -0.2) is 13.1 Å². The fourth-order valence-electron chi connectivity index (χ4n) is 1.82. The Kier molecular flexibility index (Phi) is 7.13. The minimum Gasteiger partial charge on any atom is -0.493 e. The third kappa shape index (κ3) is 6.77. The Morgan fingerprint density at radius 1 is 1.14 bits per heavy atom. The molecule has 1 aromatic rings. The fraction of sp³-hybridized carbons (Fsp3) is 0.500. The van der Waals surface area contributed by atoms with Crippen LogP contribution in [0.25, 0.3) is 0 Å². The van der Waals surface area contributed by atoms with Crippen LogP contribution in [0.2, 0.25) is 0 Å². The van der Waals surface area contributed by atoms with Crippen LogP contribution in [0.15, 0.2) is 18.2 Å². The van der Waals surface area contributed by atoms with Crippen molar-refractivity contribution >= 4 is 15.9 Å². The first-order valence-corrected chi connectivity index (χ1v) is 8.67. The second kappa shape index (κ2) is 8.60. The molecule has 0 heterocycles. The zero-order valence-corrected chi connectivity index (χ0v) is 13.8. The van der Waals surface area contributed by atoms with Gasteiger partial charge in [-0.15, -0.1) is 0 Å². The Morgan fingerprint density at radius 2 is 1.82 bits per heavy atom. The van der Waals surface area contributed by atoms with Crippen LogP contribution in [0.5, 0.6) is 11.5 Å². The van der Waals surface area contributed by atoms with Crippen molar-refractivity contribution in [3.63, 3.8) is 0 Å². The standard InChI is InChI=1S/C14H22N2O5S/c1-20-12-6-4-11(10-13(12)21-2)5-7-14(17)15-8-9-16-22(3,18)19/h4,6,10,16H,5,7-9H2,1-3H3,(H,15,17). The van der Waals surface area contributed by atoms with Crippen LogP contribution in [0.4, 0.5) is 0 Å². The Balaban J connectivity index is 2.38. The number of carbonyl (C=O) groups is 1. The molecule has 1 amide bonds. The maximum atomic E-state index is 11.7. The van der Waals surface area contributed by atoms with E-state index < -0.39 is 10.0 Å². The Bertz CT molecular complexity index is 601. The van der Waals surface area contributed by atoms with Crippen molar-refractivity contribution in [1.82, 2.24) is 10.0 Å². The molecule has 124 valence electrons. The third-order valence-electron chi connectivity index (χ3n) is 2.90. The second-order valence-corrected chi connectivity index (χ2v) is 6.54. The number of aryl methyl sites for hydroxylation is 1. The lowest BCUT2D eigenvalue weighted by Gasteiger charge is -2.10. The van der Waals surface area contributed by atoms with Crippen molar-refractivity contribution in [2.75, 3.05) is 33.6 Å². The van der Waals surface area contributed by atoms with E-state index in [1.807, 2.05) is 12.1 Å². The van der Waals surface area contributed by atoms with Gasteiger partial charge >= 0.3 is 0 Å². The zero-order chi connectivity index (χ0) is 16.6. The van der Waals surface area contributed by atoms with Crippen molar-refractivity contribution in [2.24, 2.45) is 0 Å². The quantitative estimate of drug-likeness (QED) is 0.635. The summed E-state index contributed by atoms with van der Waals surface area (Å²) >= 11 is 0. The fourth-order valence-corrected chi connectivity index (χ4v) is 2.29. The van der Waals surface area contributed by atoms with Crippen LogP contribution < -0.4 is 19.5 Å². The minimum atomic E-state index is -3.22. The molecular weight excluding hydrogens is 308 g/mol. The molecular formula is C14H22N2O5S. The highest BCUT2D eigenvalue weighted by atomic mass is 32.2. The lowest BCUT2D eigenvalue weighted by atomic mass is 10.1. The number of hydrogen-bond acceptors (Lipinski definition) is 5. The molecule has 0 bridgehead atoms. The first-order valence-electron chi connectivity index (χ1n) is 6.78. The molecule has 1 rings (SSSR count). The monoisotopic (exact) mass is 330 g/mol. The van der Waals surface area contributed by atoms with Crippen molar-refractivity contribution in [3.8, 4) is 11.5 Å². The smallest absolute Gasteiger partial charge is 0.220 e. The van der Waals surface area contributed by atoms with Crippen molar-refractivity contribution in [3.05, 3.63) is 23.8 Å². The van der Waals surface area contributed by atoms with Crippen LogP contribution in [0, 0.1) is 0 Å². The molecule has 0 saturated heterocycles. The Labute approximate surface area is 131 Å². The van der Waals surface area contributed by atoms with Crippen molar-refractivity contribution in [1.29, 1.82) is 0 Å². The van der Waals surface area contributed by atoms with Crippen molar-refractivity contribution < 1.29 is 22.7 Å². The summed E-state index contributed by atoms with van der Waals surface area (Å²) in [7, 11) is -0.0951. The Hall–Kier alpha value is -1.80. The van der Waals surface area contributed by atoms with Gasteiger partial charge in [-0.2, -0.15) is 0 Å². The maximum Gasteiger partial charge on any atom is 0.220 e. The number of carbonyl (C=O) groups excluding carboxylic acids is 1. The van der Waals surface area contributed by atoms with E-state index in [2.05, 4.69) is 10.0 Å². The summed E-state index contributed by atoms with van der Waals surface area (Å²) in [6.45, 7) is 0.443. The highest BCUT2D eigenvalue weighted by Crippen LogP contribution is 2.27. The van der Waals surface area contributed by atoms with Gasteiger partial charge in [0.05, 0.1) is 20.5 Å². The van der Waals surface area contributed by atoms with Gasteiger partial charge in [0, 0.05) is 19.5 Å². The molecule has 0 aliphatic heterocycles. The molecule has 0 radical (unpaired) electrons. The van der Waals surface area contributed by atoms with E-state index in [-0.39, 0.29) is 19.0 Å². The topological polar surface area (TPSA) is 93.7 Å². The summed E-state index contributed by atoms with van der Waals surface area (Å²) in [4.78, 5) is 11.7. The molecule has 8 heteroatoms. The predicted octanol–water partition coefficient (Wildman–Crippen LogP) is 0.302. The van der Waals surface area contributed by atoms with Crippen LogP contribution in [0.3, 0.4) is 0 Å². The van der Waals surface area contributed by atoms with Gasteiger partial charge < -0.3 is 14.8 Å². The van der Waals surface area contributed by atoms with E-state index in [4.69, 9.17) is 9.47 Å². The number of hydrogen-bond donors (Lipinski definition) is 2. The third-order valence-corrected chi connectivity index (χ3v) is 3.63. The van der Waals surface area contributed by atoms with E-state index in [1.165, 1.54) is 0 Å². The van der Waals surface area contributed by atoms with E-state index in [9.17, 15) is 13.2 Å². The van der Waals surface area contributed by atoms with Gasteiger partial charge in [0.15, 0.2) is 11.5 Å². The van der Waals surface area contributed by atoms with Gasteiger partial charge in [0.25, 0.3) is 0 Å². The number of amides is 1. The highest BCUT2D eigenvalue weighted by Gasteiger charge is 2.07. The van der Waals surface area contributed by atoms with Crippen LogP contribution >= 0.6 is 0 Å². The number of ether oxygens (including phenoxy) is 2. The summed E-state index contributed by atoms with van der Waals surface area (Å²) in [5, 5.41) is 2.65. The normalized spacial score (nSPS) is 11.0. The van der Waals surface area contributed by atoms with Gasteiger partial charge in [-0.1, -0.05) is 6.07 Å². The molecule has 22 heavy (non-hydrogen) atoms. The lowest BCUT2D eigenvalue weighted by Crippen LogP contribution is -2.34. The first kappa shape index (κ1) is 18.2.